The van der Waals surface area contributed by atoms with Crippen molar-refractivity contribution in [2.45, 2.75) is 58.3 Å². The highest BCUT2D eigenvalue weighted by Gasteiger charge is 2.44. The monoisotopic (exact) mass is 472 g/mol. The molecular weight excluding hydrogens is 428 g/mol. The summed E-state index contributed by atoms with van der Waals surface area (Å²) in [4.78, 5) is 10.1. The molecule has 0 aromatic carbocycles. The molecule has 0 unspecified atom stereocenters. The van der Waals surface area contributed by atoms with Gasteiger partial charge in [0.15, 0.2) is 0 Å². The number of aliphatic carboxylic acids is 1. The highest BCUT2D eigenvalue weighted by atomic mass is 16.9. The second-order valence-corrected chi connectivity index (χ2v) is 7.94. The molecule has 0 saturated carbocycles. The summed E-state index contributed by atoms with van der Waals surface area (Å²) in [7, 11) is 0. The topological polar surface area (TPSA) is 186 Å². The first-order valence-electron chi connectivity index (χ1n) is 11.0. The molecule has 0 aliphatic carbocycles. The molecule has 7 N–H and O–H groups in total. The standard InChI is InChI=1S/C12H26O9.C9H18O2/c13-1-4-19-12(20-5-2-14,21-6-3-15)7-11(8-16,9-17)10-18;1-8(2)6-4-3-5-7-9(10)11/h13-18H,1-10H2;8H,3-7H2,1-2H3,(H,10,11). The van der Waals surface area contributed by atoms with Gasteiger partial charge in [-0.15, -0.1) is 0 Å². The van der Waals surface area contributed by atoms with Crippen molar-refractivity contribution < 1.29 is 54.8 Å². The van der Waals surface area contributed by atoms with Crippen molar-refractivity contribution in [2.24, 2.45) is 11.3 Å². The Morgan fingerprint density at radius 3 is 1.50 bits per heavy atom. The minimum Gasteiger partial charge on any atom is -0.481 e. The molecule has 0 amide bonds. The van der Waals surface area contributed by atoms with E-state index < -0.39 is 37.2 Å². The molecule has 0 aliphatic rings. The largest absolute Gasteiger partial charge is 0.481 e. The predicted molar refractivity (Wildman–Crippen MR) is 116 cm³/mol. The molecule has 0 heterocycles. The summed E-state index contributed by atoms with van der Waals surface area (Å²) in [6.45, 7) is 1.18. The van der Waals surface area contributed by atoms with Crippen LogP contribution in [0.1, 0.15) is 52.4 Å². The SMILES string of the molecule is CC(C)CCCCCC(=O)O.OCCOC(CC(CO)(CO)CO)(OCCO)OCCO. The van der Waals surface area contributed by atoms with Crippen LogP contribution in [0.2, 0.25) is 0 Å². The van der Waals surface area contributed by atoms with Crippen LogP contribution in [0, 0.1) is 11.3 Å². The number of carboxylic acid groups (broad SMARTS) is 1. The molecule has 0 aromatic heterocycles. The Morgan fingerprint density at radius 2 is 1.19 bits per heavy atom. The zero-order valence-electron chi connectivity index (χ0n) is 19.4. The van der Waals surface area contributed by atoms with E-state index >= 15 is 0 Å². The highest BCUT2D eigenvalue weighted by Crippen LogP contribution is 2.32. The van der Waals surface area contributed by atoms with Gasteiger partial charge >= 0.3 is 5.97 Å². The van der Waals surface area contributed by atoms with E-state index in [0.717, 1.165) is 18.8 Å². The lowest BCUT2D eigenvalue weighted by atomic mass is 9.86. The van der Waals surface area contributed by atoms with Gasteiger partial charge in [0.2, 0.25) is 0 Å². The first kappa shape index (κ1) is 33.3. The van der Waals surface area contributed by atoms with E-state index in [1.807, 2.05) is 0 Å². The lowest BCUT2D eigenvalue weighted by molar-refractivity contribution is -0.398. The molecule has 0 spiro atoms. The van der Waals surface area contributed by atoms with Gasteiger partial charge < -0.3 is 50.0 Å². The van der Waals surface area contributed by atoms with Gasteiger partial charge in [0.1, 0.15) is 0 Å². The summed E-state index contributed by atoms with van der Waals surface area (Å²) >= 11 is 0. The first-order chi connectivity index (χ1) is 15.2. The van der Waals surface area contributed by atoms with Crippen molar-refractivity contribution in [1.82, 2.24) is 0 Å². The molecule has 11 heteroatoms. The zero-order chi connectivity index (χ0) is 24.9. The van der Waals surface area contributed by atoms with Crippen LogP contribution in [0.25, 0.3) is 0 Å². The molecular formula is C21H44O11. The number of rotatable bonds is 20. The second-order valence-electron chi connectivity index (χ2n) is 7.94. The van der Waals surface area contributed by atoms with Gasteiger partial charge in [0, 0.05) is 18.3 Å². The van der Waals surface area contributed by atoms with Crippen molar-refractivity contribution in [3.63, 3.8) is 0 Å². The third-order valence-corrected chi connectivity index (χ3v) is 4.51. The third-order valence-electron chi connectivity index (χ3n) is 4.51. The predicted octanol–water partition coefficient (Wildman–Crippen LogP) is -0.302. The Labute approximate surface area is 190 Å². The smallest absolute Gasteiger partial charge is 0.303 e. The molecule has 0 saturated heterocycles. The van der Waals surface area contributed by atoms with Crippen LogP contribution < -0.4 is 0 Å². The Hall–Kier alpha value is -0.890. The zero-order valence-corrected chi connectivity index (χ0v) is 19.4. The lowest BCUT2D eigenvalue weighted by Crippen LogP contribution is -2.49. The van der Waals surface area contributed by atoms with Gasteiger partial charge in [-0.3, -0.25) is 4.79 Å². The van der Waals surface area contributed by atoms with Crippen LogP contribution in [0.15, 0.2) is 0 Å². The number of carboxylic acids is 1. The fourth-order valence-corrected chi connectivity index (χ4v) is 2.66. The van der Waals surface area contributed by atoms with E-state index in [4.69, 9.17) is 34.6 Å². The Kier molecular flexibility index (Phi) is 21.5. The van der Waals surface area contributed by atoms with E-state index in [9.17, 15) is 20.1 Å². The van der Waals surface area contributed by atoms with Crippen LogP contribution in [0.3, 0.4) is 0 Å². The van der Waals surface area contributed by atoms with E-state index in [-0.39, 0.29) is 46.1 Å². The van der Waals surface area contributed by atoms with Crippen LogP contribution in [-0.4, -0.2) is 107 Å². The molecule has 0 rings (SSSR count). The van der Waals surface area contributed by atoms with Gasteiger partial charge in [-0.25, -0.2) is 0 Å². The molecule has 11 nitrogen and oxygen atoms in total. The molecule has 32 heavy (non-hydrogen) atoms. The number of aliphatic hydroxyl groups excluding tert-OH is 6. The maximum atomic E-state index is 10.1. The number of hydrogen-bond acceptors (Lipinski definition) is 10. The summed E-state index contributed by atoms with van der Waals surface area (Å²) in [5, 5.41) is 63.1. The highest BCUT2D eigenvalue weighted by molar-refractivity contribution is 5.66. The summed E-state index contributed by atoms with van der Waals surface area (Å²) in [6, 6.07) is 0. The van der Waals surface area contributed by atoms with Crippen molar-refractivity contribution in [3.05, 3.63) is 0 Å². The molecule has 0 aliphatic heterocycles. The van der Waals surface area contributed by atoms with Crippen LogP contribution in [0.4, 0.5) is 0 Å². The van der Waals surface area contributed by atoms with Gasteiger partial charge in [-0.1, -0.05) is 33.1 Å². The Morgan fingerprint density at radius 1 is 0.750 bits per heavy atom. The minimum absolute atomic E-state index is 0.171. The lowest BCUT2D eigenvalue weighted by Gasteiger charge is -2.39. The molecule has 0 atom stereocenters. The second kappa shape index (κ2) is 20.7. The number of hydrogen-bond donors (Lipinski definition) is 7. The minimum atomic E-state index is -1.82. The van der Waals surface area contributed by atoms with Crippen LogP contribution in [0.5, 0.6) is 0 Å². The van der Waals surface area contributed by atoms with Crippen LogP contribution >= 0.6 is 0 Å². The maximum absolute atomic E-state index is 10.1. The van der Waals surface area contributed by atoms with E-state index in [1.165, 1.54) is 12.8 Å². The Balaban J connectivity index is 0. The van der Waals surface area contributed by atoms with Gasteiger partial charge in [-0.2, -0.15) is 0 Å². The molecule has 0 bridgehead atoms. The van der Waals surface area contributed by atoms with E-state index in [2.05, 4.69) is 13.8 Å². The molecule has 0 aromatic rings. The quantitative estimate of drug-likeness (QED) is 0.0910. The summed E-state index contributed by atoms with van der Waals surface area (Å²) < 4.78 is 15.9. The van der Waals surface area contributed by atoms with Crippen molar-refractivity contribution in [1.29, 1.82) is 0 Å². The summed E-state index contributed by atoms with van der Waals surface area (Å²) in [5.74, 6) is -1.74. The first-order valence-corrected chi connectivity index (χ1v) is 11.0. The molecule has 0 radical (unpaired) electrons. The fourth-order valence-electron chi connectivity index (χ4n) is 2.66. The molecule has 194 valence electrons. The van der Waals surface area contributed by atoms with Crippen molar-refractivity contribution in [2.75, 3.05) is 59.5 Å². The summed E-state index contributed by atoms with van der Waals surface area (Å²) in [5.41, 5.74) is -1.35. The van der Waals surface area contributed by atoms with Crippen molar-refractivity contribution >= 4 is 5.97 Å². The average Bonchev–Trinajstić information content (AvgIpc) is 2.78. The fraction of sp³-hybridized carbons (Fsp3) is 0.952. The van der Waals surface area contributed by atoms with E-state index in [0.29, 0.717) is 6.42 Å². The van der Waals surface area contributed by atoms with Gasteiger partial charge in [0.25, 0.3) is 5.97 Å². The molecule has 0 fully saturated rings. The number of unbranched alkanes of at least 4 members (excludes halogenated alkanes) is 2. The Bertz CT molecular complexity index is 398. The summed E-state index contributed by atoms with van der Waals surface area (Å²) in [6.07, 6.45) is 4.36. The number of aliphatic hydroxyl groups is 6. The normalized spacial score (nSPS) is 12.0. The van der Waals surface area contributed by atoms with Crippen LogP contribution in [-0.2, 0) is 19.0 Å². The number of carbonyl (C=O) groups is 1. The number of ether oxygens (including phenoxy) is 3. The van der Waals surface area contributed by atoms with Gasteiger partial charge in [-0.05, 0) is 12.3 Å². The third kappa shape index (κ3) is 16.7. The van der Waals surface area contributed by atoms with E-state index in [1.54, 1.807) is 0 Å². The average molecular weight is 473 g/mol. The van der Waals surface area contributed by atoms with Gasteiger partial charge in [0.05, 0.1) is 59.5 Å². The maximum Gasteiger partial charge on any atom is 0.303 e. The van der Waals surface area contributed by atoms with Crippen molar-refractivity contribution in [3.8, 4) is 0 Å².